The number of hydrogen-bond donors (Lipinski definition) is 4. The highest BCUT2D eigenvalue weighted by Crippen LogP contribution is 2.26. The van der Waals surface area contributed by atoms with E-state index in [1.807, 2.05) is 17.5 Å². The molecule has 2 aliphatic rings. The van der Waals surface area contributed by atoms with Gasteiger partial charge in [0.05, 0.1) is 22.8 Å². The van der Waals surface area contributed by atoms with Gasteiger partial charge in [-0.1, -0.05) is 0 Å². The number of carbonyl (C=O) groups excluding carboxylic acids is 1. The number of imidazole rings is 1. The monoisotopic (exact) mass is 478 g/mol. The van der Waals surface area contributed by atoms with Gasteiger partial charge in [0.15, 0.2) is 11.1 Å². The second kappa shape index (κ2) is 7.92. The number of fused-ring (bicyclic) bond motifs is 1. The SMILES string of the molecule is N[C@H]1CCN(C(=O)c2cc(-c3cc(=NC4CC4)n4nc/c(=C/c5[nH]c(=O)[nH]c5O)c4n3)cs2)C1. The van der Waals surface area contributed by atoms with E-state index in [2.05, 4.69) is 15.1 Å². The molecule has 0 bridgehead atoms. The molecular formula is C22H22N8O3S. The van der Waals surface area contributed by atoms with Crippen molar-refractivity contribution in [2.45, 2.75) is 31.3 Å². The normalized spacial score (nSPS) is 19.6. The lowest BCUT2D eigenvalue weighted by Crippen LogP contribution is -2.31. The maximum absolute atomic E-state index is 12.9. The van der Waals surface area contributed by atoms with Gasteiger partial charge in [-0.2, -0.15) is 9.61 Å². The molecule has 1 amide bonds. The molecule has 6 rings (SSSR count). The van der Waals surface area contributed by atoms with Gasteiger partial charge >= 0.3 is 5.69 Å². The molecule has 34 heavy (non-hydrogen) atoms. The van der Waals surface area contributed by atoms with E-state index in [4.69, 9.17) is 15.7 Å². The number of H-pyrrole nitrogens is 2. The number of nitrogens with zero attached hydrogens (tertiary/aromatic N) is 5. The highest BCUT2D eigenvalue weighted by atomic mass is 32.1. The highest BCUT2D eigenvalue weighted by molar-refractivity contribution is 7.12. The van der Waals surface area contributed by atoms with E-state index in [0.29, 0.717) is 40.0 Å². The van der Waals surface area contributed by atoms with Crippen LogP contribution in [0.5, 0.6) is 5.88 Å². The Bertz CT molecular complexity index is 1590. The van der Waals surface area contributed by atoms with E-state index < -0.39 is 5.69 Å². The van der Waals surface area contributed by atoms with E-state index in [9.17, 15) is 14.7 Å². The summed E-state index contributed by atoms with van der Waals surface area (Å²) in [5.41, 5.74) is 8.37. The summed E-state index contributed by atoms with van der Waals surface area (Å²) >= 11 is 1.38. The van der Waals surface area contributed by atoms with Crippen LogP contribution in [0.3, 0.4) is 0 Å². The Morgan fingerprint density at radius 1 is 1.29 bits per heavy atom. The van der Waals surface area contributed by atoms with Crippen molar-refractivity contribution in [3.05, 3.63) is 55.5 Å². The molecule has 2 fully saturated rings. The van der Waals surface area contributed by atoms with Crippen LogP contribution < -0.4 is 22.1 Å². The number of amides is 1. The Morgan fingerprint density at radius 3 is 2.85 bits per heavy atom. The van der Waals surface area contributed by atoms with Crippen LogP contribution in [0.2, 0.25) is 0 Å². The summed E-state index contributed by atoms with van der Waals surface area (Å²) in [6.45, 7) is 1.24. The summed E-state index contributed by atoms with van der Waals surface area (Å²) in [6, 6.07) is 4.02. The Kier molecular flexibility index (Phi) is 4.85. The molecule has 1 saturated heterocycles. The number of thiophene rings is 1. The molecule has 11 nitrogen and oxygen atoms in total. The van der Waals surface area contributed by atoms with Crippen LogP contribution in [-0.4, -0.2) is 65.7 Å². The zero-order valence-corrected chi connectivity index (χ0v) is 18.9. The molecule has 0 radical (unpaired) electrons. The molecule has 1 saturated carbocycles. The maximum atomic E-state index is 12.9. The third kappa shape index (κ3) is 3.80. The van der Waals surface area contributed by atoms with E-state index in [1.54, 1.807) is 21.7 Å². The summed E-state index contributed by atoms with van der Waals surface area (Å²) < 4.78 is 1.65. The molecule has 0 spiro atoms. The molecule has 0 aromatic carbocycles. The Morgan fingerprint density at radius 2 is 2.15 bits per heavy atom. The summed E-state index contributed by atoms with van der Waals surface area (Å²) in [4.78, 5) is 41.3. The zero-order chi connectivity index (χ0) is 23.4. The first-order valence-electron chi connectivity index (χ1n) is 11.0. The molecule has 5 heterocycles. The lowest BCUT2D eigenvalue weighted by Gasteiger charge is -2.14. The van der Waals surface area contributed by atoms with Crippen molar-refractivity contribution in [3.63, 3.8) is 0 Å². The summed E-state index contributed by atoms with van der Waals surface area (Å²) in [6.07, 6.45) is 6.10. The number of aromatic hydroxyl groups is 1. The van der Waals surface area contributed by atoms with Crippen LogP contribution in [0.25, 0.3) is 23.0 Å². The van der Waals surface area contributed by atoms with Gasteiger partial charge < -0.3 is 20.7 Å². The summed E-state index contributed by atoms with van der Waals surface area (Å²) in [5, 5.41) is 16.9. The van der Waals surface area contributed by atoms with E-state index in [-0.39, 0.29) is 29.6 Å². The van der Waals surface area contributed by atoms with Crippen molar-refractivity contribution in [2.24, 2.45) is 10.7 Å². The van der Waals surface area contributed by atoms with Gasteiger partial charge in [-0.05, 0) is 31.4 Å². The number of aromatic nitrogens is 5. The Labute approximate surface area is 196 Å². The molecule has 4 aromatic rings. The minimum atomic E-state index is -0.507. The number of likely N-dealkylation sites (tertiary alicyclic amines) is 1. The average molecular weight is 479 g/mol. The lowest BCUT2D eigenvalue weighted by atomic mass is 10.2. The molecule has 174 valence electrons. The largest absolute Gasteiger partial charge is 0.493 e. The first kappa shape index (κ1) is 20.8. The topological polar surface area (TPSA) is 158 Å². The molecule has 12 heteroatoms. The second-order valence-electron chi connectivity index (χ2n) is 8.68. The van der Waals surface area contributed by atoms with Crippen LogP contribution in [0, 0.1) is 0 Å². The van der Waals surface area contributed by atoms with E-state index in [1.165, 1.54) is 11.3 Å². The molecular weight excluding hydrogens is 456 g/mol. The third-order valence-corrected chi connectivity index (χ3v) is 6.91. The number of carbonyl (C=O) groups is 1. The van der Waals surface area contributed by atoms with Gasteiger partial charge in [0, 0.05) is 41.4 Å². The van der Waals surface area contributed by atoms with E-state index >= 15 is 0 Å². The number of aromatic amines is 2. The quantitative estimate of drug-likeness (QED) is 0.322. The lowest BCUT2D eigenvalue weighted by molar-refractivity contribution is 0.0795. The van der Waals surface area contributed by atoms with Crippen LogP contribution in [0.4, 0.5) is 0 Å². The molecule has 1 atom stereocenters. The summed E-state index contributed by atoms with van der Waals surface area (Å²) in [7, 11) is 0. The first-order valence-corrected chi connectivity index (χ1v) is 11.9. The van der Waals surface area contributed by atoms with Gasteiger partial charge in [0.2, 0.25) is 5.88 Å². The fourth-order valence-electron chi connectivity index (χ4n) is 4.05. The van der Waals surface area contributed by atoms with Crippen LogP contribution in [0.1, 0.15) is 34.6 Å². The van der Waals surface area contributed by atoms with Gasteiger partial charge in [-0.25, -0.2) is 9.78 Å². The summed E-state index contributed by atoms with van der Waals surface area (Å²) in [5.74, 6) is -0.274. The van der Waals surface area contributed by atoms with Crippen molar-refractivity contribution in [1.82, 2.24) is 29.5 Å². The van der Waals surface area contributed by atoms with Crippen molar-refractivity contribution in [3.8, 4) is 17.1 Å². The van der Waals surface area contributed by atoms with Crippen molar-refractivity contribution in [2.75, 3.05) is 13.1 Å². The highest BCUT2D eigenvalue weighted by Gasteiger charge is 2.26. The number of hydrogen-bond acceptors (Lipinski definition) is 8. The van der Waals surface area contributed by atoms with Gasteiger partial charge in [-0.3, -0.25) is 14.8 Å². The molecule has 1 aliphatic heterocycles. The second-order valence-corrected chi connectivity index (χ2v) is 9.59. The molecule has 5 N–H and O–H groups in total. The predicted molar refractivity (Wildman–Crippen MR) is 125 cm³/mol. The average Bonchev–Trinajstić information content (AvgIpc) is 3.18. The Balaban J connectivity index is 1.46. The van der Waals surface area contributed by atoms with Crippen molar-refractivity contribution >= 4 is 29.0 Å². The molecule has 4 aromatic heterocycles. The number of rotatable bonds is 4. The van der Waals surface area contributed by atoms with Gasteiger partial charge in [0.25, 0.3) is 5.91 Å². The minimum absolute atomic E-state index is 0.0153. The molecule has 0 unspecified atom stereocenters. The standard InChI is InChI=1S/C22H22N8O3S/c23-13-3-4-29(9-13)21(32)17-6-12(10-34-17)15-7-18(25-14-1-2-14)30-19(26-15)11(8-24-30)5-16-20(31)28-22(33)27-16/h5-8,10,13-14,31H,1-4,9,23H2,(H2,27,28,33)/b11-5-,25-18?/t13-/m0/s1. The van der Waals surface area contributed by atoms with Crippen molar-refractivity contribution < 1.29 is 9.90 Å². The predicted octanol–water partition coefficient (Wildman–Crippen LogP) is -0.0362. The first-order chi connectivity index (χ1) is 16.4. The smallest absolute Gasteiger partial charge is 0.326 e. The Hall–Kier alpha value is -3.77. The van der Waals surface area contributed by atoms with Crippen LogP contribution in [0.15, 0.2) is 33.5 Å². The molecule has 1 aliphatic carbocycles. The fraction of sp³-hybridized carbons (Fsp3) is 0.318. The van der Waals surface area contributed by atoms with Gasteiger partial charge in [-0.15, -0.1) is 11.3 Å². The third-order valence-electron chi connectivity index (χ3n) is 6.00. The maximum Gasteiger partial charge on any atom is 0.326 e. The fourth-order valence-corrected chi connectivity index (χ4v) is 4.92. The van der Waals surface area contributed by atoms with Crippen LogP contribution >= 0.6 is 11.3 Å². The number of nitrogens with two attached hydrogens (primary N) is 1. The van der Waals surface area contributed by atoms with E-state index in [0.717, 1.165) is 24.8 Å². The van der Waals surface area contributed by atoms with Crippen LogP contribution in [-0.2, 0) is 0 Å². The minimum Gasteiger partial charge on any atom is -0.493 e. The van der Waals surface area contributed by atoms with Gasteiger partial charge in [0.1, 0.15) is 5.69 Å². The number of nitrogens with one attached hydrogen (secondary N) is 2. The van der Waals surface area contributed by atoms with Crippen molar-refractivity contribution in [1.29, 1.82) is 0 Å². The zero-order valence-electron chi connectivity index (χ0n) is 18.1.